The molecule has 2 aliphatic rings. The lowest BCUT2D eigenvalue weighted by Gasteiger charge is -2.28. The molecule has 0 spiro atoms. The zero-order chi connectivity index (χ0) is 16.9. The van der Waals surface area contributed by atoms with Gasteiger partial charge in [-0.05, 0) is 30.7 Å². The maximum atomic E-state index is 12.8. The molecule has 1 unspecified atom stereocenters. The third-order valence-electron chi connectivity index (χ3n) is 4.45. The molecule has 2 aromatic rings. The normalized spacial score (nSPS) is 22.7. The Balaban J connectivity index is 1.82. The number of rotatable bonds is 2. The van der Waals surface area contributed by atoms with Crippen LogP contribution in [0.3, 0.4) is 0 Å². The van der Waals surface area contributed by atoms with Crippen molar-refractivity contribution in [3.63, 3.8) is 0 Å². The molecule has 6 heteroatoms. The first-order valence-corrected chi connectivity index (χ1v) is 8.61. The van der Waals surface area contributed by atoms with Gasteiger partial charge in [0.1, 0.15) is 5.00 Å². The highest BCUT2D eigenvalue weighted by atomic mass is 32.1. The van der Waals surface area contributed by atoms with Crippen molar-refractivity contribution in [3.05, 3.63) is 46.3 Å². The lowest BCUT2D eigenvalue weighted by molar-refractivity contribution is 0.0603. The van der Waals surface area contributed by atoms with E-state index in [-0.39, 0.29) is 5.78 Å². The molecule has 0 amide bonds. The smallest absolute Gasteiger partial charge is 0.205 e. The van der Waals surface area contributed by atoms with Gasteiger partial charge in [0.2, 0.25) is 5.78 Å². The number of benzene rings is 1. The number of Topliss-reactive ketones (excluding diaryl/α,β-unsaturated/α-hetero) is 1. The topological polar surface area (TPSA) is 65.3 Å². The Hall–Kier alpha value is -2.31. The highest BCUT2D eigenvalue weighted by molar-refractivity contribution is 7.16. The van der Waals surface area contributed by atoms with E-state index < -0.39 is 5.60 Å². The van der Waals surface area contributed by atoms with Crippen LogP contribution in [0.4, 0.5) is 10.7 Å². The molecule has 1 aromatic heterocycles. The van der Waals surface area contributed by atoms with Crippen LogP contribution in [0, 0.1) is 6.92 Å². The summed E-state index contributed by atoms with van der Waals surface area (Å²) in [6.45, 7) is 2.50. The Labute approximate surface area is 144 Å². The van der Waals surface area contributed by atoms with Crippen molar-refractivity contribution in [2.24, 2.45) is 9.98 Å². The van der Waals surface area contributed by atoms with Crippen LogP contribution in [0.15, 0.2) is 40.3 Å². The second kappa shape index (κ2) is 5.36. The molecular formula is C18H17N3O2S. The molecule has 0 bridgehead atoms. The minimum absolute atomic E-state index is 0.236. The van der Waals surface area contributed by atoms with E-state index >= 15 is 0 Å². The lowest BCUT2D eigenvalue weighted by Crippen LogP contribution is -2.48. The van der Waals surface area contributed by atoms with Crippen molar-refractivity contribution in [3.8, 4) is 0 Å². The van der Waals surface area contributed by atoms with Gasteiger partial charge in [-0.25, -0.2) is 4.99 Å². The van der Waals surface area contributed by atoms with E-state index in [0.717, 1.165) is 16.1 Å². The maximum absolute atomic E-state index is 12.8. The molecule has 1 aromatic carbocycles. The average molecular weight is 339 g/mol. The number of carbonyl (C=O) groups is 1. The lowest BCUT2D eigenvalue weighted by atomic mass is 9.90. The predicted octanol–water partition coefficient (Wildman–Crippen LogP) is 2.97. The molecule has 0 saturated carbocycles. The van der Waals surface area contributed by atoms with Gasteiger partial charge >= 0.3 is 0 Å². The van der Waals surface area contributed by atoms with Gasteiger partial charge in [0, 0.05) is 36.8 Å². The Kier molecular flexibility index (Phi) is 3.40. The zero-order valence-corrected chi connectivity index (χ0v) is 14.3. The van der Waals surface area contributed by atoms with E-state index in [2.05, 4.69) is 9.98 Å². The minimum atomic E-state index is -1.52. The van der Waals surface area contributed by atoms with Crippen LogP contribution in [0.2, 0.25) is 0 Å². The fraction of sp³-hybridized carbons (Fsp3) is 0.278. The average Bonchev–Trinajstić information content (AvgIpc) is 3.09. The van der Waals surface area contributed by atoms with Crippen LogP contribution in [-0.4, -0.2) is 42.1 Å². The van der Waals surface area contributed by atoms with E-state index in [4.69, 9.17) is 0 Å². The Morgan fingerprint density at radius 1 is 1.42 bits per heavy atom. The van der Waals surface area contributed by atoms with E-state index in [0.29, 0.717) is 29.4 Å². The van der Waals surface area contributed by atoms with Gasteiger partial charge in [-0.1, -0.05) is 12.1 Å². The van der Waals surface area contributed by atoms with Crippen molar-refractivity contribution in [1.29, 1.82) is 0 Å². The summed E-state index contributed by atoms with van der Waals surface area (Å²) in [5.74, 6) is 0.202. The summed E-state index contributed by atoms with van der Waals surface area (Å²) in [5.41, 5.74) is 0.903. The number of hydrogen-bond donors (Lipinski definition) is 1. The van der Waals surface area contributed by atoms with Gasteiger partial charge in [0.25, 0.3) is 0 Å². The zero-order valence-electron chi connectivity index (χ0n) is 13.5. The van der Waals surface area contributed by atoms with Crippen molar-refractivity contribution >= 4 is 39.9 Å². The van der Waals surface area contributed by atoms with Crippen molar-refractivity contribution in [2.75, 3.05) is 18.5 Å². The summed E-state index contributed by atoms with van der Waals surface area (Å²) in [4.78, 5) is 24.4. The van der Waals surface area contributed by atoms with Gasteiger partial charge in [0.15, 0.2) is 11.4 Å². The molecule has 24 heavy (non-hydrogen) atoms. The van der Waals surface area contributed by atoms with Crippen LogP contribution >= 0.6 is 11.3 Å². The second-order valence-electron chi connectivity index (χ2n) is 6.08. The first-order valence-electron chi connectivity index (χ1n) is 7.79. The molecule has 1 saturated heterocycles. The van der Waals surface area contributed by atoms with Crippen LogP contribution in [-0.2, 0) is 0 Å². The highest BCUT2D eigenvalue weighted by Crippen LogP contribution is 2.43. The van der Waals surface area contributed by atoms with E-state index in [1.165, 1.54) is 11.3 Å². The third kappa shape index (κ3) is 2.14. The molecule has 5 nitrogen and oxygen atoms in total. The summed E-state index contributed by atoms with van der Waals surface area (Å²) in [6.07, 6.45) is 2.13. The molecule has 1 atom stereocenters. The third-order valence-corrected chi connectivity index (χ3v) is 5.39. The second-order valence-corrected chi connectivity index (χ2v) is 7.32. The number of carbonyl (C=O) groups excluding carboxylic acids is 1. The van der Waals surface area contributed by atoms with E-state index in [1.807, 2.05) is 42.2 Å². The number of ketones is 1. The van der Waals surface area contributed by atoms with E-state index in [9.17, 15) is 9.90 Å². The number of anilines is 1. The van der Waals surface area contributed by atoms with Gasteiger partial charge in [-0.2, -0.15) is 0 Å². The first-order chi connectivity index (χ1) is 11.5. The summed E-state index contributed by atoms with van der Waals surface area (Å²) in [7, 11) is 1.73. The Morgan fingerprint density at radius 2 is 2.25 bits per heavy atom. The number of thiophene rings is 1. The Bertz CT molecular complexity index is 899. The molecule has 0 radical (unpaired) electrons. The number of nitrogens with zero attached hydrogens (tertiary/aromatic N) is 3. The molecule has 2 aliphatic heterocycles. The summed E-state index contributed by atoms with van der Waals surface area (Å²) in [5, 5.41) is 11.7. The van der Waals surface area contributed by atoms with Crippen molar-refractivity contribution in [2.45, 2.75) is 18.9 Å². The monoisotopic (exact) mass is 339 g/mol. The van der Waals surface area contributed by atoms with E-state index in [1.54, 1.807) is 13.3 Å². The molecular weight excluding hydrogens is 322 g/mol. The molecule has 0 aliphatic carbocycles. The molecule has 3 heterocycles. The highest BCUT2D eigenvalue weighted by Gasteiger charge is 2.52. The largest absolute Gasteiger partial charge is 0.374 e. The number of aliphatic imine (C=N–C) groups is 2. The van der Waals surface area contributed by atoms with Gasteiger partial charge in [0.05, 0.1) is 5.56 Å². The van der Waals surface area contributed by atoms with Crippen LogP contribution in [0.25, 0.3) is 0 Å². The molecule has 1 N–H and O–H groups in total. The number of aliphatic hydroxyl groups is 1. The molecule has 122 valence electrons. The SMILES string of the molecule is C/N=C\c1cccc(N2CCC3(O)C(=O)c4cc(C)sc4N=C23)c1. The van der Waals surface area contributed by atoms with Crippen LogP contribution in [0.5, 0.6) is 0 Å². The fourth-order valence-corrected chi connectivity index (χ4v) is 4.20. The van der Waals surface area contributed by atoms with Crippen molar-refractivity contribution < 1.29 is 9.90 Å². The van der Waals surface area contributed by atoms with Crippen LogP contribution in [0.1, 0.15) is 27.2 Å². The van der Waals surface area contributed by atoms with Gasteiger partial charge in [-0.15, -0.1) is 11.3 Å². The minimum Gasteiger partial charge on any atom is -0.374 e. The summed E-state index contributed by atoms with van der Waals surface area (Å²) in [6, 6.07) is 9.67. The van der Waals surface area contributed by atoms with Gasteiger partial charge in [-0.3, -0.25) is 9.79 Å². The van der Waals surface area contributed by atoms with Crippen LogP contribution < -0.4 is 4.90 Å². The number of fused-ring (bicyclic) bond motifs is 2. The first kappa shape index (κ1) is 15.2. The van der Waals surface area contributed by atoms with Gasteiger partial charge < -0.3 is 10.0 Å². The van der Waals surface area contributed by atoms with Crippen molar-refractivity contribution in [1.82, 2.24) is 0 Å². The summed E-state index contributed by atoms with van der Waals surface area (Å²) < 4.78 is 0. The molecule has 1 fully saturated rings. The quantitative estimate of drug-likeness (QED) is 0.856. The maximum Gasteiger partial charge on any atom is 0.205 e. The number of amidine groups is 1. The number of aryl methyl sites for hydroxylation is 1. The standard InChI is InChI=1S/C18H17N3O2S/c1-11-8-14-15(22)18(23)6-7-21(17(18)20-16(14)24-11)13-5-3-4-12(9-13)10-19-2/h3-5,8-10,23H,6-7H2,1-2H3/b19-10-. The predicted molar refractivity (Wildman–Crippen MR) is 97.4 cm³/mol. The fourth-order valence-electron chi connectivity index (χ4n) is 3.32. The number of hydrogen-bond acceptors (Lipinski definition) is 6. The summed E-state index contributed by atoms with van der Waals surface area (Å²) >= 11 is 1.48. The Morgan fingerprint density at radius 3 is 3.04 bits per heavy atom. The molecule has 4 rings (SSSR count).